The van der Waals surface area contributed by atoms with Crippen LogP contribution in [0.25, 0.3) is 5.57 Å². The van der Waals surface area contributed by atoms with E-state index in [-0.39, 0.29) is 5.82 Å². The van der Waals surface area contributed by atoms with Crippen molar-refractivity contribution >= 4 is 11.5 Å². The number of carbonyl (C=O) groups excluding carboxylic acids is 1. The van der Waals surface area contributed by atoms with E-state index in [1.807, 2.05) is 13.0 Å². The van der Waals surface area contributed by atoms with Crippen LogP contribution in [0, 0.1) is 12.7 Å². The fourth-order valence-electron chi connectivity index (χ4n) is 2.62. The Bertz CT molecular complexity index is 778. The lowest BCUT2D eigenvalue weighted by molar-refractivity contribution is 0.0600. The molecule has 0 bridgehead atoms. The predicted octanol–water partition coefficient (Wildman–Crippen LogP) is 3.74. The topological polar surface area (TPSA) is 35.5 Å². The summed E-state index contributed by atoms with van der Waals surface area (Å²) in [7, 11) is 1.35. The summed E-state index contributed by atoms with van der Waals surface area (Å²) in [5.41, 5.74) is 3.96. The number of benzene rings is 2. The number of aryl methyl sites for hydroxylation is 1. The number of hydrogen-bond donors (Lipinski definition) is 0. The Labute approximate surface area is 128 Å². The Balaban J connectivity index is 2.12. The van der Waals surface area contributed by atoms with Crippen molar-refractivity contribution in [2.24, 2.45) is 0 Å². The summed E-state index contributed by atoms with van der Waals surface area (Å²) in [5.74, 6) is 0.0369. The van der Waals surface area contributed by atoms with Gasteiger partial charge in [0.25, 0.3) is 0 Å². The van der Waals surface area contributed by atoms with Gasteiger partial charge in [0, 0.05) is 5.56 Å². The number of halogens is 1. The molecule has 3 nitrogen and oxygen atoms in total. The van der Waals surface area contributed by atoms with Crippen molar-refractivity contribution < 1.29 is 18.7 Å². The first-order chi connectivity index (χ1) is 10.6. The molecule has 0 aromatic heterocycles. The molecule has 2 aromatic rings. The van der Waals surface area contributed by atoms with Crippen LogP contribution in [0.5, 0.6) is 5.75 Å². The standard InChI is InChI=1S/C18H15FO3/c1-11-9-13(19)4-5-14(11)15-7-8-22-17-6-3-12(10-16(15)17)18(20)21-2/h3-7,9-10H,8H2,1-2H3. The molecule has 1 aliphatic heterocycles. The minimum Gasteiger partial charge on any atom is -0.489 e. The fraction of sp³-hybridized carbons (Fsp3) is 0.167. The zero-order valence-corrected chi connectivity index (χ0v) is 12.4. The molecule has 0 radical (unpaired) electrons. The van der Waals surface area contributed by atoms with Crippen molar-refractivity contribution in [3.05, 3.63) is 70.5 Å². The second-order valence-corrected chi connectivity index (χ2v) is 5.09. The summed E-state index contributed by atoms with van der Waals surface area (Å²) < 4.78 is 23.7. The summed E-state index contributed by atoms with van der Waals surface area (Å²) in [5, 5.41) is 0. The van der Waals surface area contributed by atoms with Gasteiger partial charge in [0.2, 0.25) is 0 Å². The van der Waals surface area contributed by atoms with Crippen LogP contribution in [0.15, 0.2) is 42.5 Å². The minimum atomic E-state index is -0.399. The lowest BCUT2D eigenvalue weighted by Crippen LogP contribution is -2.09. The summed E-state index contributed by atoms with van der Waals surface area (Å²) >= 11 is 0. The highest BCUT2D eigenvalue weighted by Crippen LogP contribution is 2.36. The zero-order chi connectivity index (χ0) is 15.7. The van der Waals surface area contributed by atoms with Crippen LogP contribution in [0.2, 0.25) is 0 Å². The highest BCUT2D eigenvalue weighted by molar-refractivity contribution is 5.93. The molecule has 0 N–H and O–H groups in total. The molecule has 1 aliphatic rings. The van der Waals surface area contributed by atoms with E-state index in [0.29, 0.717) is 17.9 Å². The van der Waals surface area contributed by atoms with Gasteiger partial charge in [0.15, 0.2) is 0 Å². The van der Waals surface area contributed by atoms with Crippen LogP contribution in [0.4, 0.5) is 4.39 Å². The van der Waals surface area contributed by atoms with Gasteiger partial charge >= 0.3 is 5.97 Å². The number of ether oxygens (including phenoxy) is 2. The summed E-state index contributed by atoms with van der Waals surface area (Å²) in [6.07, 6.45) is 1.93. The molecule has 112 valence electrons. The van der Waals surface area contributed by atoms with Crippen LogP contribution in [0.3, 0.4) is 0 Å². The van der Waals surface area contributed by atoms with Crippen LogP contribution in [-0.2, 0) is 4.74 Å². The molecule has 3 rings (SSSR count). The molecule has 1 heterocycles. The number of esters is 1. The van der Waals surface area contributed by atoms with Gasteiger partial charge in [0.1, 0.15) is 18.2 Å². The summed E-state index contributed by atoms with van der Waals surface area (Å²) in [4.78, 5) is 11.7. The second-order valence-electron chi connectivity index (χ2n) is 5.09. The highest BCUT2D eigenvalue weighted by Gasteiger charge is 2.19. The summed E-state index contributed by atoms with van der Waals surface area (Å²) in [6.45, 7) is 2.30. The quantitative estimate of drug-likeness (QED) is 0.792. The Morgan fingerprint density at radius 3 is 2.73 bits per heavy atom. The lowest BCUT2D eigenvalue weighted by Gasteiger charge is -2.21. The monoisotopic (exact) mass is 298 g/mol. The molecule has 4 heteroatoms. The van der Waals surface area contributed by atoms with Crippen molar-refractivity contribution in [2.45, 2.75) is 6.92 Å². The third kappa shape index (κ3) is 2.48. The Kier molecular flexibility index (Phi) is 3.67. The van der Waals surface area contributed by atoms with Gasteiger partial charge in [-0.1, -0.05) is 6.07 Å². The maximum absolute atomic E-state index is 13.3. The van der Waals surface area contributed by atoms with Gasteiger partial charge in [-0.3, -0.25) is 0 Å². The number of fused-ring (bicyclic) bond motifs is 1. The van der Waals surface area contributed by atoms with Gasteiger partial charge < -0.3 is 9.47 Å². The number of hydrogen-bond acceptors (Lipinski definition) is 3. The predicted molar refractivity (Wildman–Crippen MR) is 81.5 cm³/mol. The highest BCUT2D eigenvalue weighted by atomic mass is 19.1. The van der Waals surface area contributed by atoms with E-state index in [2.05, 4.69) is 0 Å². The SMILES string of the molecule is COC(=O)c1ccc2c(c1)C(c1ccc(F)cc1C)=CCO2. The van der Waals surface area contributed by atoms with Crippen LogP contribution >= 0.6 is 0 Å². The van der Waals surface area contributed by atoms with E-state index >= 15 is 0 Å². The average Bonchev–Trinajstić information content (AvgIpc) is 2.53. The maximum Gasteiger partial charge on any atom is 0.337 e. The van der Waals surface area contributed by atoms with Crippen LogP contribution in [0.1, 0.15) is 27.0 Å². The van der Waals surface area contributed by atoms with E-state index in [1.54, 1.807) is 24.3 Å². The molecule has 0 amide bonds. The summed E-state index contributed by atoms with van der Waals surface area (Å²) in [6, 6.07) is 9.85. The molecule has 0 fully saturated rings. The van der Waals surface area contributed by atoms with Crippen molar-refractivity contribution in [1.29, 1.82) is 0 Å². The molecule has 0 saturated heterocycles. The second kappa shape index (κ2) is 5.64. The average molecular weight is 298 g/mol. The molecule has 0 saturated carbocycles. The van der Waals surface area contributed by atoms with Gasteiger partial charge in [-0.2, -0.15) is 0 Å². The van der Waals surface area contributed by atoms with Gasteiger partial charge in [-0.25, -0.2) is 9.18 Å². The van der Waals surface area contributed by atoms with E-state index in [9.17, 15) is 9.18 Å². The van der Waals surface area contributed by atoms with E-state index in [0.717, 1.165) is 22.3 Å². The van der Waals surface area contributed by atoms with E-state index in [4.69, 9.17) is 9.47 Å². The zero-order valence-electron chi connectivity index (χ0n) is 12.4. The molecular formula is C18H15FO3. The largest absolute Gasteiger partial charge is 0.489 e. The van der Waals surface area contributed by atoms with Crippen molar-refractivity contribution in [3.63, 3.8) is 0 Å². The number of rotatable bonds is 2. The van der Waals surface area contributed by atoms with E-state index in [1.165, 1.54) is 19.2 Å². The normalized spacial score (nSPS) is 13.0. The van der Waals surface area contributed by atoms with Gasteiger partial charge in [0.05, 0.1) is 12.7 Å². The molecule has 2 aromatic carbocycles. The molecule has 0 aliphatic carbocycles. The third-order valence-electron chi connectivity index (χ3n) is 3.70. The Hall–Kier alpha value is -2.62. The van der Waals surface area contributed by atoms with Crippen LogP contribution < -0.4 is 4.74 Å². The van der Waals surface area contributed by atoms with E-state index < -0.39 is 5.97 Å². The molecule has 0 spiro atoms. The van der Waals surface area contributed by atoms with Crippen molar-refractivity contribution in [1.82, 2.24) is 0 Å². The van der Waals surface area contributed by atoms with Gasteiger partial charge in [-0.15, -0.1) is 0 Å². The van der Waals surface area contributed by atoms with Crippen molar-refractivity contribution in [2.75, 3.05) is 13.7 Å². The molecule has 0 atom stereocenters. The molecule has 22 heavy (non-hydrogen) atoms. The Morgan fingerprint density at radius 1 is 1.18 bits per heavy atom. The van der Waals surface area contributed by atoms with Crippen molar-refractivity contribution in [3.8, 4) is 5.75 Å². The fourth-order valence-corrected chi connectivity index (χ4v) is 2.62. The van der Waals surface area contributed by atoms with Gasteiger partial charge in [-0.05, 0) is 60.0 Å². The molecular weight excluding hydrogens is 283 g/mol. The van der Waals surface area contributed by atoms with Crippen LogP contribution in [-0.4, -0.2) is 19.7 Å². The number of carbonyl (C=O) groups is 1. The first kappa shape index (κ1) is 14.3. The smallest absolute Gasteiger partial charge is 0.337 e. The third-order valence-corrected chi connectivity index (χ3v) is 3.70. The molecule has 0 unspecified atom stereocenters. The maximum atomic E-state index is 13.3. The first-order valence-electron chi connectivity index (χ1n) is 6.92. The lowest BCUT2D eigenvalue weighted by atomic mass is 9.91. The minimum absolute atomic E-state index is 0.266. The number of methoxy groups -OCH3 is 1. The Morgan fingerprint density at radius 2 is 2.00 bits per heavy atom. The first-order valence-corrected chi connectivity index (χ1v) is 6.92.